The number of hydrogen-bond acceptors (Lipinski definition) is 4. The summed E-state index contributed by atoms with van der Waals surface area (Å²) in [7, 11) is 0. The summed E-state index contributed by atoms with van der Waals surface area (Å²) in [6.45, 7) is 3.29. The second-order valence-electron chi connectivity index (χ2n) is 4.16. The van der Waals surface area contributed by atoms with Crippen LogP contribution in [0.4, 0.5) is 15.8 Å². The SMILES string of the molecule is CCCN(CC(=O)O)c1cc(C)c(F)cc1[N+](=O)[O-]. The van der Waals surface area contributed by atoms with E-state index in [1.165, 1.54) is 17.9 Å². The normalized spacial score (nSPS) is 10.3. The number of carboxylic acids is 1. The first-order valence-corrected chi connectivity index (χ1v) is 5.78. The van der Waals surface area contributed by atoms with Crippen LogP contribution in [-0.4, -0.2) is 29.1 Å². The Kier molecular flexibility index (Phi) is 4.80. The molecule has 0 saturated carbocycles. The third kappa shape index (κ3) is 3.64. The number of nitro groups is 1. The lowest BCUT2D eigenvalue weighted by Gasteiger charge is -2.22. The van der Waals surface area contributed by atoms with Gasteiger partial charge in [-0.2, -0.15) is 0 Å². The molecule has 0 saturated heterocycles. The van der Waals surface area contributed by atoms with Crippen LogP contribution < -0.4 is 4.90 Å². The molecule has 0 fully saturated rings. The number of carbonyl (C=O) groups is 1. The Balaban J connectivity index is 3.30. The molecule has 19 heavy (non-hydrogen) atoms. The maximum absolute atomic E-state index is 13.4. The molecule has 6 nitrogen and oxygen atoms in total. The summed E-state index contributed by atoms with van der Waals surface area (Å²) in [4.78, 5) is 22.4. The zero-order valence-electron chi connectivity index (χ0n) is 10.7. The first-order valence-electron chi connectivity index (χ1n) is 5.78. The third-order valence-electron chi connectivity index (χ3n) is 2.61. The van der Waals surface area contributed by atoms with Gasteiger partial charge in [-0.15, -0.1) is 0 Å². The average molecular weight is 270 g/mol. The summed E-state index contributed by atoms with van der Waals surface area (Å²) < 4.78 is 13.4. The minimum Gasteiger partial charge on any atom is -0.480 e. The molecule has 1 rings (SSSR count). The molecule has 1 N–H and O–H groups in total. The van der Waals surface area contributed by atoms with Crippen molar-refractivity contribution >= 4 is 17.3 Å². The van der Waals surface area contributed by atoms with Crippen molar-refractivity contribution in [1.82, 2.24) is 0 Å². The highest BCUT2D eigenvalue weighted by Gasteiger charge is 2.22. The fourth-order valence-corrected chi connectivity index (χ4v) is 1.77. The van der Waals surface area contributed by atoms with Crippen LogP contribution in [0, 0.1) is 22.9 Å². The second-order valence-corrected chi connectivity index (χ2v) is 4.16. The molecule has 0 bridgehead atoms. The Morgan fingerprint density at radius 2 is 2.16 bits per heavy atom. The van der Waals surface area contributed by atoms with E-state index >= 15 is 0 Å². The van der Waals surface area contributed by atoms with Crippen molar-refractivity contribution in [3.05, 3.63) is 33.6 Å². The van der Waals surface area contributed by atoms with Crippen LogP contribution >= 0.6 is 0 Å². The van der Waals surface area contributed by atoms with Gasteiger partial charge in [0.15, 0.2) is 0 Å². The Labute approximate surface area is 109 Å². The number of aryl methyl sites for hydroxylation is 1. The number of aliphatic carboxylic acids is 1. The Bertz CT molecular complexity index is 505. The zero-order chi connectivity index (χ0) is 14.6. The number of nitro benzene ring substituents is 1. The van der Waals surface area contributed by atoms with E-state index < -0.39 is 22.4 Å². The van der Waals surface area contributed by atoms with Crippen molar-refractivity contribution in [2.24, 2.45) is 0 Å². The number of nitrogens with zero attached hydrogens (tertiary/aromatic N) is 2. The smallest absolute Gasteiger partial charge is 0.323 e. The number of anilines is 1. The topological polar surface area (TPSA) is 83.7 Å². The van der Waals surface area contributed by atoms with Crippen molar-refractivity contribution in [2.75, 3.05) is 18.0 Å². The van der Waals surface area contributed by atoms with Crippen LogP contribution in [0.15, 0.2) is 12.1 Å². The number of hydrogen-bond donors (Lipinski definition) is 1. The number of halogens is 1. The predicted molar refractivity (Wildman–Crippen MR) is 67.9 cm³/mol. The van der Waals surface area contributed by atoms with Gasteiger partial charge in [0.1, 0.15) is 18.0 Å². The molecule has 1 aromatic carbocycles. The van der Waals surface area contributed by atoms with Crippen LogP contribution in [0.3, 0.4) is 0 Å². The molecule has 0 radical (unpaired) electrons. The molecule has 0 spiro atoms. The van der Waals surface area contributed by atoms with Crippen molar-refractivity contribution in [1.29, 1.82) is 0 Å². The molecule has 0 amide bonds. The highest BCUT2D eigenvalue weighted by atomic mass is 19.1. The maximum Gasteiger partial charge on any atom is 0.323 e. The Hall–Kier alpha value is -2.18. The standard InChI is InChI=1S/C12H15FN2O4/c1-3-4-14(7-12(16)17)10-5-8(2)9(13)6-11(10)15(18)19/h5-6H,3-4,7H2,1-2H3,(H,16,17). The molecule has 0 atom stereocenters. The number of carboxylic acid groups (broad SMARTS) is 1. The molecule has 0 aliphatic carbocycles. The number of rotatable bonds is 6. The molecule has 0 aromatic heterocycles. The summed E-state index contributed by atoms with van der Waals surface area (Å²) in [5.74, 6) is -1.77. The van der Waals surface area contributed by atoms with E-state index in [2.05, 4.69) is 0 Å². The highest BCUT2D eigenvalue weighted by Crippen LogP contribution is 2.31. The third-order valence-corrected chi connectivity index (χ3v) is 2.61. The fourth-order valence-electron chi connectivity index (χ4n) is 1.77. The molecule has 0 heterocycles. The van der Waals surface area contributed by atoms with Gasteiger partial charge in [0.05, 0.1) is 11.0 Å². The van der Waals surface area contributed by atoms with Gasteiger partial charge in [0.25, 0.3) is 5.69 Å². The highest BCUT2D eigenvalue weighted by molar-refractivity contribution is 5.76. The molecular weight excluding hydrogens is 255 g/mol. The van der Waals surface area contributed by atoms with Gasteiger partial charge in [-0.05, 0) is 25.0 Å². The monoisotopic (exact) mass is 270 g/mol. The largest absolute Gasteiger partial charge is 0.480 e. The van der Waals surface area contributed by atoms with Gasteiger partial charge < -0.3 is 10.0 Å². The number of benzene rings is 1. The van der Waals surface area contributed by atoms with Gasteiger partial charge in [-0.1, -0.05) is 6.92 Å². The van der Waals surface area contributed by atoms with Crippen molar-refractivity contribution < 1.29 is 19.2 Å². The van der Waals surface area contributed by atoms with E-state index in [0.29, 0.717) is 13.0 Å². The van der Waals surface area contributed by atoms with E-state index in [4.69, 9.17) is 5.11 Å². The second kappa shape index (κ2) is 6.12. The van der Waals surface area contributed by atoms with E-state index in [1.807, 2.05) is 6.92 Å². The molecular formula is C12H15FN2O4. The van der Waals surface area contributed by atoms with Crippen LogP contribution in [0.25, 0.3) is 0 Å². The van der Waals surface area contributed by atoms with E-state index in [0.717, 1.165) is 6.07 Å². The van der Waals surface area contributed by atoms with Crippen LogP contribution in [-0.2, 0) is 4.79 Å². The van der Waals surface area contributed by atoms with Crippen LogP contribution in [0.5, 0.6) is 0 Å². The lowest BCUT2D eigenvalue weighted by molar-refractivity contribution is -0.384. The van der Waals surface area contributed by atoms with Crippen molar-refractivity contribution in [3.8, 4) is 0 Å². The summed E-state index contributed by atoms with van der Waals surface area (Å²) in [5, 5.41) is 19.8. The van der Waals surface area contributed by atoms with Crippen molar-refractivity contribution in [3.63, 3.8) is 0 Å². The van der Waals surface area contributed by atoms with Gasteiger partial charge >= 0.3 is 5.97 Å². The van der Waals surface area contributed by atoms with E-state index in [9.17, 15) is 19.3 Å². The van der Waals surface area contributed by atoms with Crippen LogP contribution in [0.1, 0.15) is 18.9 Å². The van der Waals surface area contributed by atoms with E-state index in [-0.39, 0.29) is 17.8 Å². The molecule has 0 aliphatic heterocycles. The van der Waals surface area contributed by atoms with E-state index in [1.54, 1.807) is 0 Å². The van der Waals surface area contributed by atoms with Crippen molar-refractivity contribution in [2.45, 2.75) is 20.3 Å². The van der Waals surface area contributed by atoms with Gasteiger partial charge in [0.2, 0.25) is 0 Å². The van der Waals surface area contributed by atoms with Crippen LogP contribution in [0.2, 0.25) is 0 Å². The molecule has 104 valence electrons. The maximum atomic E-state index is 13.4. The first-order chi connectivity index (χ1) is 8.86. The summed E-state index contributed by atoms with van der Waals surface area (Å²) in [6.07, 6.45) is 0.626. The first kappa shape index (κ1) is 14.9. The summed E-state index contributed by atoms with van der Waals surface area (Å²) in [6, 6.07) is 2.14. The average Bonchev–Trinajstić information content (AvgIpc) is 2.30. The summed E-state index contributed by atoms with van der Waals surface area (Å²) >= 11 is 0. The van der Waals surface area contributed by atoms with Gasteiger partial charge in [0, 0.05) is 6.54 Å². The molecule has 1 aromatic rings. The lowest BCUT2D eigenvalue weighted by Crippen LogP contribution is -2.31. The predicted octanol–water partition coefficient (Wildman–Crippen LogP) is 2.34. The summed E-state index contributed by atoms with van der Waals surface area (Å²) in [5.41, 5.74) is -0.0435. The molecule has 7 heteroatoms. The van der Waals surface area contributed by atoms with Gasteiger partial charge in [-0.25, -0.2) is 4.39 Å². The Morgan fingerprint density at radius 1 is 1.53 bits per heavy atom. The zero-order valence-corrected chi connectivity index (χ0v) is 10.7. The molecule has 0 aliphatic rings. The van der Waals surface area contributed by atoms with Gasteiger partial charge in [-0.3, -0.25) is 14.9 Å². The molecule has 0 unspecified atom stereocenters. The fraction of sp³-hybridized carbons (Fsp3) is 0.417. The minimum atomic E-state index is -1.09. The quantitative estimate of drug-likeness (QED) is 0.633. The Morgan fingerprint density at radius 3 is 2.63 bits per heavy atom. The lowest BCUT2D eigenvalue weighted by atomic mass is 10.1. The minimum absolute atomic E-state index is 0.133.